The van der Waals surface area contributed by atoms with Gasteiger partial charge in [-0.3, -0.25) is 4.72 Å². The lowest BCUT2D eigenvalue weighted by Crippen LogP contribution is -2.18. The fourth-order valence-corrected chi connectivity index (χ4v) is 4.55. The number of hydrogen-bond acceptors (Lipinski definition) is 6. The third-order valence-corrected chi connectivity index (χ3v) is 5.72. The summed E-state index contributed by atoms with van der Waals surface area (Å²) in [6.45, 7) is 5.35. The number of carbonyl (C=O) groups is 1. The molecule has 0 aliphatic rings. The third kappa shape index (κ3) is 4.16. The summed E-state index contributed by atoms with van der Waals surface area (Å²) in [4.78, 5) is 12.3. The van der Waals surface area contributed by atoms with Crippen molar-refractivity contribution < 1.29 is 27.4 Å². The van der Waals surface area contributed by atoms with E-state index in [1.165, 1.54) is 33.5 Å². The number of benzene rings is 2. The van der Waals surface area contributed by atoms with E-state index in [0.717, 1.165) is 5.56 Å². The molecule has 27 heavy (non-hydrogen) atoms. The molecule has 0 heterocycles. The summed E-state index contributed by atoms with van der Waals surface area (Å²) in [5.74, 6) is -0.144. The van der Waals surface area contributed by atoms with Crippen molar-refractivity contribution in [3.8, 4) is 11.5 Å². The number of hydrogen-bond donors (Lipinski definition) is 1. The fourth-order valence-electron chi connectivity index (χ4n) is 3.03. The first-order valence-electron chi connectivity index (χ1n) is 8.09. The molecule has 0 spiro atoms. The number of rotatable bonds is 6. The van der Waals surface area contributed by atoms with E-state index in [4.69, 9.17) is 14.2 Å². The zero-order valence-electron chi connectivity index (χ0n) is 16.2. The van der Waals surface area contributed by atoms with Gasteiger partial charge in [0.25, 0.3) is 10.0 Å². The first-order chi connectivity index (χ1) is 12.6. The molecule has 7 nitrogen and oxygen atoms in total. The minimum absolute atomic E-state index is 0.0149. The molecule has 2 aromatic rings. The molecule has 0 saturated heterocycles. The maximum Gasteiger partial charge on any atom is 0.340 e. The van der Waals surface area contributed by atoms with E-state index in [-0.39, 0.29) is 27.6 Å². The molecule has 0 unspecified atom stereocenters. The molecule has 2 rings (SSSR count). The highest BCUT2D eigenvalue weighted by Gasteiger charge is 2.25. The van der Waals surface area contributed by atoms with Crippen LogP contribution in [0.3, 0.4) is 0 Å². The minimum Gasteiger partial charge on any atom is -0.493 e. The molecule has 0 aliphatic heterocycles. The van der Waals surface area contributed by atoms with Crippen molar-refractivity contribution in [1.82, 2.24) is 0 Å². The summed E-state index contributed by atoms with van der Waals surface area (Å²) >= 11 is 0. The monoisotopic (exact) mass is 393 g/mol. The maximum atomic E-state index is 13.0. The van der Waals surface area contributed by atoms with Crippen LogP contribution in [0.15, 0.2) is 29.2 Å². The van der Waals surface area contributed by atoms with Crippen molar-refractivity contribution in [2.45, 2.75) is 25.7 Å². The molecule has 0 bridgehead atoms. The second-order valence-electron chi connectivity index (χ2n) is 6.08. The van der Waals surface area contributed by atoms with E-state index in [1.807, 2.05) is 6.92 Å². The Morgan fingerprint density at radius 1 is 0.889 bits per heavy atom. The zero-order valence-corrected chi connectivity index (χ0v) is 17.0. The van der Waals surface area contributed by atoms with Crippen molar-refractivity contribution in [1.29, 1.82) is 0 Å². The average molecular weight is 393 g/mol. The first kappa shape index (κ1) is 20.6. The zero-order chi connectivity index (χ0) is 20.4. The molecule has 0 amide bonds. The molecular formula is C19H23NO6S. The first-order valence-corrected chi connectivity index (χ1v) is 9.58. The standard InChI is InChI=1S/C19H23NO6S/c1-11-7-12(2)18(13(3)8-11)27(22,23)20-15-10-17(25-5)16(24-4)9-14(15)19(21)26-6/h7-10,20H,1-6H3. The van der Waals surface area contributed by atoms with Crippen LogP contribution in [-0.4, -0.2) is 35.7 Å². The molecule has 2 aromatic carbocycles. The maximum absolute atomic E-state index is 13.0. The molecule has 0 aromatic heterocycles. The lowest BCUT2D eigenvalue weighted by Gasteiger charge is -2.17. The van der Waals surface area contributed by atoms with E-state index < -0.39 is 16.0 Å². The van der Waals surface area contributed by atoms with Gasteiger partial charge < -0.3 is 14.2 Å². The summed E-state index contributed by atoms with van der Waals surface area (Å²) in [5.41, 5.74) is 2.24. The average Bonchev–Trinajstić information content (AvgIpc) is 2.58. The van der Waals surface area contributed by atoms with Gasteiger partial charge in [-0.1, -0.05) is 17.7 Å². The van der Waals surface area contributed by atoms with E-state index in [9.17, 15) is 13.2 Å². The van der Waals surface area contributed by atoms with Gasteiger partial charge in [0.2, 0.25) is 0 Å². The number of nitrogens with one attached hydrogen (secondary N) is 1. The van der Waals surface area contributed by atoms with Gasteiger partial charge in [-0.25, -0.2) is 13.2 Å². The topological polar surface area (TPSA) is 90.9 Å². The molecule has 0 atom stereocenters. The highest BCUT2D eigenvalue weighted by atomic mass is 32.2. The summed E-state index contributed by atoms with van der Waals surface area (Å²) in [6.07, 6.45) is 0. The van der Waals surface area contributed by atoms with E-state index >= 15 is 0 Å². The van der Waals surface area contributed by atoms with Gasteiger partial charge in [0.1, 0.15) is 0 Å². The molecule has 1 N–H and O–H groups in total. The molecule has 0 saturated carbocycles. The fraction of sp³-hybridized carbons (Fsp3) is 0.316. The Labute approximate surface area is 159 Å². The van der Waals surface area contributed by atoms with Crippen LogP contribution in [0.5, 0.6) is 11.5 Å². The lowest BCUT2D eigenvalue weighted by molar-refractivity contribution is 0.0601. The molecule has 0 radical (unpaired) electrons. The van der Waals surface area contributed by atoms with Crippen molar-refractivity contribution in [3.63, 3.8) is 0 Å². The van der Waals surface area contributed by atoms with Gasteiger partial charge in [0, 0.05) is 12.1 Å². The van der Waals surface area contributed by atoms with Crippen molar-refractivity contribution in [2.24, 2.45) is 0 Å². The minimum atomic E-state index is -3.95. The lowest BCUT2D eigenvalue weighted by atomic mass is 10.1. The summed E-state index contributed by atoms with van der Waals surface area (Å²) in [5, 5.41) is 0. The number of methoxy groups -OCH3 is 3. The molecular weight excluding hydrogens is 370 g/mol. The number of aryl methyl sites for hydroxylation is 3. The number of ether oxygens (including phenoxy) is 3. The van der Waals surface area contributed by atoms with Crippen LogP contribution in [0.2, 0.25) is 0 Å². The van der Waals surface area contributed by atoms with E-state index in [1.54, 1.807) is 26.0 Å². The van der Waals surface area contributed by atoms with Crippen LogP contribution in [0.1, 0.15) is 27.0 Å². The number of carbonyl (C=O) groups excluding carboxylic acids is 1. The van der Waals surface area contributed by atoms with Gasteiger partial charge in [-0.05, 0) is 31.9 Å². The highest BCUT2D eigenvalue weighted by molar-refractivity contribution is 7.92. The predicted octanol–water partition coefficient (Wildman–Crippen LogP) is 3.22. The Balaban J connectivity index is 2.63. The Hall–Kier alpha value is -2.74. The van der Waals surface area contributed by atoms with Crippen LogP contribution in [0.4, 0.5) is 5.69 Å². The Morgan fingerprint density at radius 3 is 1.89 bits per heavy atom. The number of anilines is 1. The van der Waals surface area contributed by atoms with Crippen molar-refractivity contribution in [3.05, 3.63) is 46.5 Å². The smallest absolute Gasteiger partial charge is 0.340 e. The van der Waals surface area contributed by atoms with Gasteiger partial charge >= 0.3 is 5.97 Å². The Bertz CT molecular complexity index is 959. The SMILES string of the molecule is COC(=O)c1cc(OC)c(OC)cc1NS(=O)(=O)c1c(C)cc(C)cc1C. The van der Waals surface area contributed by atoms with Crippen molar-refractivity contribution in [2.75, 3.05) is 26.1 Å². The predicted molar refractivity (Wildman–Crippen MR) is 102 cm³/mol. The van der Waals surface area contributed by atoms with Crippen LogP contribution >= 0.6 is 0 Å². The van der Waals surface area contributed by atoms with Gasteiger partial charge in [0.15, 0.2) is 11.5 Å². The largest absolute Gasteiger partial charge is 0.493 e. The molecule has 0 fully saturated rings. The van der Waals surface area contributed by atoms with E-state index in [2.05, 4.69) is 4.72 Å². The van der Waals surface area contributed by atoms with Gasteiger partial charge in [-0.15, -0.1) is 0 Å². The summed E-state index contributed by atoms with van der Waals surface area (Å²) in [7, 11) is 0.0968. The Morgan fingerprint density at radius 2 is 1.41 bits per heavy atom. The van der Waals surface area contributed by atoms with Crippen LogP contribution < -0.4 is 14.2 Å². The number of sulfonamides is 1. The van der Waals surface area contributed by atoms with Gasteiger partial charge in [-0.2, -0.15) is 0 Å². The molecule has 146 valence electrons. The Kier molecular flexibility index (Phi) is 6.00. The van der Waals surface area contributed by atoms with Crippen LogP contribution in [0.25, 0.3) is 0 Å². The van der Waals surface area contributed by atoms with E-state index in [0.29, 0.717) is 11.1 Å². The third-order valence-electron chi connectivity index (χ3n) is 4.05. The summed E-state index contributed by atoms with van der Waals surface area (Å²) in [6, 6.07) is 6.34. The van der Waals surface area contributed by atoms with Gasteiger partial charge in [0.05, 0.1) is 37.5 Å². The van der Waals surface area contributed by atoms with Crippen LogP contribution in [-0.2, 0) is 14.8 Å². The van der Waals surface area contributed by atoms with Crippen LogP contribution in [0, 0.1) is 20.8 Å². The quantitative estimate of drug-likeness (QED) is 0.758. The van der Waals surface area contributed by atoms with Crippen molar-refractivity contribution >= 4 is 21.7 Å². The highest BCUT2D eigenvalue weighted by Crippen LogP contribution is 2.35. The summed E-state index contributed by atoms with van der Waals surface area (Å²) < 4.78 is 43.7. The number of esters is 1. The molecule has 8 heteroatoms. The molecule has 0 aliphatic carbocycles. The second-order valence-corrected chi connectivity index (χ2v) is 7.70. The normalized spacial score (nSPS) is 11.0. The second kappa shape index (κ2) is 7.87.